The van der Waals surface area contributed by atoms with Crippen molar-refractivity contribution in [3.8, 4) is 11.5 Å². The number of amides is 3. The Morgan fingerprint density at radius 1 is 0.895 bits per heavy atom. The minimum Gasteiger partial charge on any atom is -0.495 e. The average molecular weight is 525 g/mol. The molecule has 1 N–H and O–H groups in total. The maximum atomic E-state index is 13.2. The second-order valence-corrected chi connectivity index (χ2v) is 9.48. The normalized spacial score (nSPS) is 14.2. The molecule has 0 atom stereocenters. The Bertz CT molecular complexity index is 1550. The van der Waals surface area contributed by atoms with E-state index in [1.54, 1.807) is 30.3 Å². The highest BCUT2D eigenvalue weighted by Gasteiger charge is 2.36. The predicted octanol–water partition coefficient (Wildman–Crippen LogP) is 6.10. The van der Waals surface area contributed by atoms with Gasteiger partial charge in [0.1, 0.15) is 24.7 Å². The maximum absolute atomic E-state index is 13.2. The van der Waals surface area contributed by atoms with E-state index in [0.717, 1.165) is 33.0 Å². The first kappa shape index (κ1) is 25.1. The fourth-order valence-corrected chi connectivity index (χ4v) is 4.95. The van der Waals surface area contributed by atoms with Gasteiger partial charge in [-0.3, -0.25) is 19.3 Å². The summed E-state index contributed by atoms with van der Waals surface area (Å²) in [6, 6.07) is 28.3. The zero-order valence-corrected chi connectivity index (χ0v) is 21.4. The van der Waals surface area contributed by atoms with Gasteiger partial charge in [-0.1, -0.05) is 72.8 Å². The first-order valence-corrected chi connectivity index (χ1v) is 12.7. The fourth-order valence-electron chi connectivity index (χ4n) is 4.13. The summed E-state index contributed by atoms with van der Waals surface area (Å²) in [5, 5.41) is 4.05. The Labute approximate surface area is 224 Å². The Balaban J connectivity index is 1.40. The number of carbonyl (C=O) groups excluding carboxylic acids is 3. The van der Waals surface area contributed by atoms with Gasteiger partial charge in [-0.2, -0.15) is 0 Å². The largest absolute Gasteiger partial charge is 0.495 e. The molecule has 3 amide bonds. The molecule has 0 radical (unpaired) electrons. The predicted molar refractivity (Wildman–Crippen MR) is 149 cm³/mol. The molecule has 190 valence electrons. The summed E-state index contributed by atoms with van der Waals surface area (Å²) in [4.78, 5) is 39.8. The van der Waals surface area contributed by atoms with E-state index >= 15 is 0 Å². The number of anilines is 1. The second kappa shape index (κ2) is 11.2. The van der Waals surface area contributed by atoms with E-state index in [-0.39, 0.29) is 4.91 Å². The van der Waals surface area contributed by atoms with Crippen molar-refractivity contribution >= 4 is 51.4 Å². The van der Waals surface area contributed by atoms with Gasteiger partial charge in [0.15, 0.2) is 0 Å². The van der Waals surface area contributed by atoms with Crippen LogP contribution in [0.4, 0.5) is 10.5 Å². The van der Waals surface area contributed by atoms with E-state index in [1.165, 1.54) is 7.11 Å². The SMILES string of the molecule is COc1ccccc1NC(=O)CN1C(=O)S/C(=C/c2c(OCc3ccccc3)ccc3ccccc23)C1=O. The quantitative estimate of drug-likeness (QED) is 0.280. The molecule has 0 saturated carbocycles. The molecule has 0 aromatic heterocycles. The molecule has 0 unspecified atom stereocenters. The van der Waals surface area contributed by atoms with E-state index < -0.39 is 23.6 Å². The molecule has 7 nitrogen and oxygen atoms in total. The number of methoxy groups -OCH3 is 1. The van der Waals surface area contributed by atoms with Crippen LogP contribution >= 0.6 is 11.8 Å². The Morgan fingerprint density at radius 3 is 2.45 bits per heavy atom. The molecule has 8 heteroatoms. The van der Waals surface area contributed by atoms with Gasteiger partial charge in [0.25, 0.3) is 11.1 Å². The number of thioether (sulfide) groups is 1. The van der Waals surface area contributed by atoms with Gasteiger partial charge < -0.3 is 14.8 Å². The smallest absolute Gasteiger partial charge is 0.294 e. The summed E-state index contributed by atoms with van der Waals surface area (Å²) in [6.45, 7) is -0.0580. The molecule has 1 heterocycles. The van der Waals surface area contributed by atoms with Gasteiger partial charge in [0.05, 0.1) is 17.7 Å². The van der Waals surface area contributed by atoms with E-state index in [1.807, 2.05) is 66.7 Å². The highest BCUT2D eigenvalue weighted by molar-refractivity contribution is 8.18. The number of nitrogens with zero attached hydrogens (tertiary/aromatic N) is 1. The molecule has 1 aliphatic rings. The molecule has 0 spiro atoms. The number of imide groups is 1. The summed E-state index contributed by atoms with van der Waals surface area (Å²) in [5.74, 6) is 0.0364. The second-order valence-electron chi connectivity index (χ2n) is 8.49. The molecule has 1 aliphatic heterocycles. The van der Waals surface area contributed by atoms with Crippen molar-refractivity contribution in [3.05, 3.63) is 107 Å². The summed E-state index contributed by atoms with van der Waals surface area (Å²) < 4.78 is 11.4. The highest BCUT2D eigenvalue weighted by Crippen LogP contribution is 2.37. The van der Waals surface area contributed by atoms with Crippen LogP contribution < -0.4 is 14.8 Å². The molecule has 4 aromatic carbocycles. The summed E-state index contributed by atoms with van der Waals surface area (Å²) >= 11 is 0.803. The maximum Gasteiger partial charge on any atom is 0.294 e. The van der Waals surface area contributed by atoms with Crippen molar-refractivity contribution in [2.24, 2.45) is 0 Å². The van der Waals surface area contributed by atoms with Crippen LogP contribution in [0.25, 0.3) is 16.8 Å². The van der Waals surface area contributed by atoms with Crippen molar-refractivity contribution in [2.45, 2.75) is 6.61 Å². The lowest BCUT2D eigenvalue weighted by Gasteiger charge is -2.14. The van der Waals surface area contributed by atoms with Gasteiger partial charge in [0.2, 0.25) is 5.91 Å². The molecule has 0 bridgehead atoms. The van der Waals surface area contributed by atoms with Crippen molar-refractivity contribution in [1.82, 2.24) is 4.90 Å². The first-order chi connectivity index (χ1) is 18.5. The van der Waals surface area contributed by atoms with Crippen LogP contribution in [0.5, 0.6) is 11.5 Å². The zero-order valence-electron chi connectivity index (χ0n) is 20.5. The molecule has 5 rings (SSSR count). The summed E-state index contributed by atoms with van der Waals surface area (Å²) in [5.41, 5.74) is 2.16. The van der Waals surface area contributed by atoms with Crippen LogP contribution in [0.1, 0.15) is 11.1 Å². The van der Waals surface area contributed by atoms with Crippen molar-refractivity contribution in [2.75, 3.05) is 19.0 Å². The number of benzene rings is 4. The number of ether oxygens (including phenoxy) is 2. The van der Waals surface area contributed by atoms with E-state index in [2.05, 4.69) is 5.32 Å². The van der Waals surface area contributed by atoms with Gasteiger partial charge in [-0.25, -0.2) is 0 Å². The Morgan fingerprint density at radius 2 is 1.63 bits per heavy atom. The average Bonchev–Trinajstić information content (AvgIpc) is 3.20. The lowest BCUT2D eigenvalue weighted by Crippen LogP contribution is -2.36. The summed E-state index contributed by atoms with van der Waals surface area (Å²) in [6.07, 6.45) is 1.67. The van der Waals surface area contributed by atoms with Gasteiger partial charge in [0, 0.05) is 5.56 Å². The third-order valence-corrected chi connectivity index (χ3v) is 6.91. The molecule has 4 aromatic rings. The Kier molecular flexibility index (Phi) is 7.42. The van der Waals surface area contributed by atoms with Gasteiger partial charge in [-0.15, -0.1) is 0 Å². The minimum absolute atomic E-state index is 0.223. The van der Waals surface area contributed by atoms with Crippen molar-refractivity contribution < 1.29 is 23.9 Å². The molecule has 1 fully saturated rings. The number of hydrogen-bond acceptors (Lipinski definition) is 6. The van der Waals surface area contributed by atoms with Crippen LogP contribution in [0.2, 0.25) is 0 Å². The van der Waals surface area contributed by atoms with Crippen molar-refractivity contribution in [1.29, 1.82) is 0 Å². The van der Waals surface area contributed by atoms with Gasteiger partial charge in [-0.05, 0) is 52.4 Å². The Hall–Kier alpha value is -4.56. The monoisotopic (exact) mass is 524 g/mol. The first-order valence-electron chi connectivity index (χ1n) is 11.9. The third kappa shape index (κ3) is 5.40. The third-order valence-electron chi connectivity index (χ3n) is 6.00. The van der Waals surface area contributed by atoms with Crippen LogP contribution in [0.15, 0.2) is 95.9 Å². The van der Waals surface area contributed by atoms with Crippen LogP contribution in [0, 0.1) is 0 Å². The zero-order chi connectivity index (χ0) is 26.5. The number of fused-ring (bicyclic) bond motifs is 1. The van der Waals surface area contributed by atoms with Crippen LogP contribution in [0.3, 0.4) is 0 Å². The van der Waals surface area contributed by atoms with E-state index in [0.29, 0.717) is 29.4 Å². The molecular formula is C30H24N2O5S. The standard InChI is InChI=1S/C30H24N2O5S/c1-36-26-14-8-7-13-24(26)31-28(33)18-32-29(34)27(38-30(32)35)17-23-22-12-6-5-11-21(22)15-16-25(23)37-19-20-9-3-2-4-10-20/h2-17H,18-19H2,1H3,(H,31,33)/b27-17+. The van der Waals surface area contributed by atoms with Crippen LogP contribution in [-0.4, -0.2) is 35.6 Å². The lowest BCUT2D eigenvalue weighted by molar-refractivity contribution is -0.127. The number of para-hydroxylation sites is 2. The number of carbonyl (C=O) groups is 3. The number of hydrogen-bond donors (Lipinski definition) is 1. The number of rotatable bonds is 8. The molecule has 1 saturated heterocycles. The molecular weight excluding hydrogens is 500 g/mol. The lowest BCUT2D eigenvalue weighted by atomic mass is 10.0. The van der Waals surface area contributed by atoms with E-state index in [4.69, 9.17) is 9.47 Å². The van der Waals surface area contributed by atoms with Crippen LogP contribution in [-0.2, 0) is 16.2 Å². The minimum atomic E-state index is -0.530. The highest BCUT2D eigenvalue weighted by atomic mass is 32.2. The summed E-state index contributed by atoms with van der Waals surface area (Å²) in [7, 11) is 1.50. The van der Waals surface area contributed by atoms with Crippen molar-refractivity contribution in [3.63, 3.8) is 0 Å². The molecule has 0 aliphatic carbocycles. The van der Waals surface area contributed by atoms with E-state index in [9.17, 15) is 14.4 Å². The number of nitrogens with one attached hydrogen (secondary N) is 1. The van der Waals surface area contributed by atoms with Gasteiger partial charge >= 0.3 is 0 Å². The fraction of sp³-hybridized carbons (Fsp3) is 0.100. The molecule has 38 heavy (non-hydrogen) atoms. The topological polar surface area (TPSA) is 84.9 Å².